The number of rotatable bonds is 10. The lowest BCUT2D eigenvalue weighted by Crippen LogP contribution is -2.61. The van der Waals surface area contributed by atoms with Gasteiger partial charge in [0.1, 0.15) is 12.1 Å². The highest BCUT2D eigenvalue weighted by molar-refractivity contribution is 5.95. The molecule has 12 nitrogen and oxygen atoms in total. The van der Waals surface area contributed by atoms with Gasteiger partial charge in [0.05, 0.1) is 30.1 Å². The predicted octanol–water partition coefficient (Wildman–Crippen LogP) is 5.71. The number of methoxy groups -OCH3 is 1. The number of carbonyl (C=O) groups excluding carboxylic acids is 3. The van der Waals surface area contributed by atoms with Crippen LogP contribution in [0.1, 0.15) is 82.9 Å². The monoisotopic (exact) mass is 779 g/mol. The van der Waals surface area contributed by atoms with Crippen molar-refractivity contribution in [3.05, 3.63) is 77.1 Å². The number of pyridine rings is 1. The minimum atomic E-state index is -0.867. The Morgan fingerprint density at radius 1 is 1.09 bits per heavy atom. The van der Waals surface area contributed by atoms with Crippen LogP contribution in [0.25, 0.3) is 33.3 Å². The average Bonchev–Trinajstić information content (AvgIpc) is 3.50. The van der Waals surface area contributed by atoms with Crippen LogP contribution >= 0.6 is 0 Å². The molecule has 2 aromatic heterocycles. The van der Waals surface area contributed by atoms with Gasteiger partial charge >= 0.3 is 5.97 Å². The van der Waals surface area contributed by atoms with E-state index in [1.807, 2.05) is 46.1 Å². The predicted molar refractivity (Wildman–Crippen MR) is 224 cm³/mol. The zero-order valence-electron chi connectivity index (χ0n) is 35.1. The van der Waals surface area contributed by atoms with Crippen molar-refractivity contribution < 1.29 is 23.9 Å². The molecular weight excluding hydrogens is 719 g/mol. The highest BCUT2D eigenvalue weighted by Gasteiger charge is 2.36. The summed E-state index contributed by atoms with van der Waals surface area (Å²) < 4.78 is 14.4. The molecular formula is C45H61N7O5. The summed E-state index contributed by atoms with van der Waals surface area (Å²) in [5, 5.41) is 12.1. The number of hydrazine groups is 1. The Balaban J connectivity index is 1.54. The van der Waals surface area contributed by atoms with E-state index in [4.69, 9.17) is 14.5 Å². The number of amides is 2. The molecule has 2 aliphatic rings. The van der Waals surface area contributed by atoms with Crippen LogP contribution in [0, 0.1) is 11.3 Å². The molecule has 0 saturated carbocycles. The molecule has 2 amide bonds. The van der Waals surface area contributed by atoms with Crippen LogP contribution in [0.4, 0.5) is 0 Å². The molecule has 12 heteroatoms. The van der Waals surface area contributed by atoms with Crippen molar-refractivity contribution in [3.8, 4) is 22.4 Å². The third-order valence-electron chi connectivity index (χ3n) is 11.4. The first-order valence-electron chi connectivity index (χ1n) is 20.4. The van der Waals surface area contributed by atoms with Crippen molar-refractivity contribution in [3.63, 3.8) is 0 Å². The van der Waals surface area contributed by atoms with Crippen LogP contribution in [-0.4, -0.2) is 84.8 Å². The van der Waals surface area contributed by atoms with Gasteiger partial charge in [0, 0.05) is 61.2 Å². The van der Waals surface area contributed by atoms with Gasteiger partial charge in [0.25, 0.3) is 5.91 Å². The molecule has 4 N–H and O–H groups in total. The number of nitrogens with one attached hydrogen (secondary N) is 4. The molecule has 4 aromatic rings. The van der Waals surface area contributed by atoms with Gasteiger partial charge in [-0.15, -0.1) is 0 Å². The number of ether oxygens (including phenoxy) is 2. The van der Waals surface area contributed by atoms with E-state index in [1.54, 1.807) is 14.2 Å². The SMILES string of the molecule is CCn1c(-c2cc(CNC)cnc2[C@H](C)OC)c2c3cc(ccc31)-c1cccc(c1)C[C@H](NC(=O)C(NC)C(C)C)C(=O)N1CCC[C@H](N1)C(=O)OCC(C)(C)C2. The minimum absolute atomic E-state index is 0.00979. The summed E-state index contributed by atoms with van der Waals surface area (Å²) in [5.41, 5.74) is 11.9. The summed E-state index contributed by atoms with van der Waals surface area (Å²) in [6.07, 6.45) is 3.71. The second kappa shape index (κ2) is 17.9. The molecule has 4 atom stereocenters. The zero-order chi connectivity index (χ0) is 41.0. The standard InChI is InChI=1S/C45H61N7O5/c1-10-51-38-17-16-32-22-33(38)35(41(51)34-20-30(24-46-7)25-48-40(34)28(4)56-9)23-45(5,6)26-57-44(55)36-15-12-18-52(50-36)43(54)37(21-29-13-11-14-31(32)19-29)49-42(53)39(47-8)27(2)3/h11,13-14,16-17,19-20,22,25,27-28,36-37,39,46-47,50H,10,12,15,18,21,23-24,26H2,1-9H3,(H,49,53)/t28-,36-,37-,39?/m0/s1. The molecule has 306 valence electrons. The Hall–Kier alpha value is -4.62. The first kappa shape index (κ1) is 42.0. The fraction of sp³-hybridized carbons (Fsp3) is 0.511. The van der Waals surface area contributed by atoms with Crippen molar-refractivity contribution in [2.75, 3.05) is 34.4 Å². The average molecular weight is 780 g/mol. The lowest BCUT2D eigenvalue weighted by molar-refractivity contribution is -0.155. The Kier molecular flexibility index (Phi) is 13.2. The first-order chi connectivity index (χ1) is 27.3. The number of hydrogen-bond acceptors (Lipinski definition) is 9. The summed E-state index contributed by atoms with van der Waals surface area (Å²) in [7, 11) is 5.39. The van der Waals surface area contributed by atoms with Crippen LogP contribution in [0.5, 0.6) is 0 Å². The maximum Gasteiger partial charge on any atom is 0.324 e. The van der Waals surface area contributed by atoms with Crippen LogP contribution in [0.3, 0.4) is 0 Å². The number of benzene rings is 2. The largest absolute Gasteiger partial charge is 0.464 e. The van der Waals surface area contributed by atoms with Gasteiger partial charge < -0.3 is 30.0 Å². The van der Waals surface area contributed by atoms with Gasteiger partial charge in [0.15, 0.2) is 0 Å². The van der Waals surface area contributed by atoms with Crippen molar-refractivity contribution in [2.24, 2.45) is 11.3 Å². The second-order valence-corrected chi connectivity index (χ2v) is 16.7. The number of likely N-dealkylation sites (N-methyl/N-ethyl adjacent to an activating group) is 1. The number of cyclic esters (lactones) is 1. The smallest absolute Gasteiger partial charge is 0.324 e. The van der Waals surface area contributed by atoms with E-state index in [0.29, 0.717) is 32.4 Å². The van der Waals surface area contributed by atoms with Crippen molar-refractivity contribution >= 4 is 28.7 Å². The number of nitrogens with zero attached hydrogens (tertiary/aromatic N) is 3. The highest BCUT2D eigenvalue weighted by atomic mass is 16.5. The van der Waals surface area contributed by atoms with Gasteiger partial charge in [-0.05, 0) is 99.1 Å². The summed E-state index contributed by atoms with van der Waals surface area (Å²) in [6.45, 7) is 14.4. The van der Waals surface area contributed by atoms with Crippen LogP contribution in [-0.2, 0) is 49.8 Å². The Bertz CT molecular complexity index is 2090. The number of fused-ring (bicyclic) bond motifs is 6. The van der Waals surface area contributed by atoms with E-state index >= 15 is 0 Å². The quantitative estimate of drug-likeness (QED) is 0.149. The van der Waals surface area contributed by atoms with Gasteiger partial charge in [-0.1, -0.05) is 58.0 Å². The van der Waals surface area contributed by atoms with E-state index in [9.17, 15) is 14.4 Å². The van der Waals surface area contributed by atoms with Crippen LogP contribution in [0.2, 0.25) is 0 Å². The molecule has 0 aliphatic carbocycles. The van der Waals surface area contributed by atoms with Crippen molar-refractivity contribution in [1.82, 2.24) is 35.9 Å². The molecule has 57 heavy (non-hydrogen) atoms. The molecule has 1 fully saturated rings. The fourth-order valence-corrected chi connectivity index (χ4v) is 8.41. The molecule has 2 aromatic carbocycles. The molecule has 0 spiro atoms. The number of aryl methyl sites for hydroxylation is 1. The first-order valence-corrected chi connectivity index (χ1v) is 20.4. The third-order valence-corrected chi connectivity index (χ3v) is 11.4. The molecule has 1 saturated heterocycles. The number of esters is 1. The summed E-state index contributed by atoms with van der Waals surface area (Å²) in [5.74, 6) is -0.927. The van der Waals surface area contributed by atoms with Crippen molar-refractivity contribution in [2.45, 2.75) is 105 Å². The topological polar surface area (TPSA) is 139 Å². The van der Waals surface area contributed by atoms with Crippen molar-refractivity contribution in [1.29, 1.82) is 0 Å². The number of carbonyl (C=O) groups is 3. The Labute approximate surface area is 337 Å². The number of aromatic nitrogens is 2. The van der Waals surface area contributed by atoms with Crippen LogP contribution in [0.15, 0.2) is 54.7 Å². The van der Waals surface area contributed by atoms with Gasteiger partial charge in [-0.2, -0.15) is 0 Å². The minimum Gasteiger partial charge on any atom is -0.464 e. The summed E-state index contributed by atoms with van der Waals surface area (Å²) >= 11 is 0. The van der Waals surface area contributed by atoms with E-state index in [-0.39, 0.29) is 36.9 Å². The summed E-state index contributed by atoms with van der Waals surface area (Å²) in [4.78, 5) is 46.7. The Morgan fingerprint density at radius 2 is 1.86 bits per heavy atom. The van der Waals surface area contributed by atoms with Gasteiger partial charge in [0.2, 0.25) is 5.91 Å². The lowest BCUT2D eigenvalue weighted by atomic mass is 9.84. The molecule has 2 aliphatic heterocycles. The van der Waals surface area contributed by atoms with E-state index < -0.39 is 29.5 Å². The normalized spacial score (nSPS) is 19.9. The zero-order valence-corrected chi connectivity index (χ0v) is 35.1. The van der Waals surface area contributed by atoms with E-state index in [1.165, 1.54) is 5.01 Å². The molecule has 6 bridgehead atoms. The molecule has 1 unspecified atom stereocenters. The maximum absolute atomic E-state index is 14.3. The Morgan fingerprint density at radius 3 is 2.56 bits per heavy atom. The molecule has 6 rings (SSSR count). The van der Waals surface area contributed by atoms with Gasteiger partial charge in [-0.3, -0.25) is 24.4 Å². The highest BCUT2D eigenvalue weighted by Crippen LogP contribution is 2.42. The molecule has 0 radical (unpaired) electrons. The van der Waals surface area contributed by atoms with E-state index in [0.717, 1.165) is 62.2 Å². The number of hydrogen-bond donors (Lipinski definition) is 4. The van der Waals surface area contributed by atoms with Gasteiger partial charge in [-0.25, -0.2) is 5.43 Å². The summed E-state index contributed by atoms with van der Waals surface area (Å²) in [6, 6.07) is 15.0. The molecule has 4 heterocycles. The van der Waals surface area contributed by atoms with E-state index in [2.05, 4.69) is 83.1 Å². The maximum atomic E-state index is 14.3. The fourth-order valence-electron chi connectivity index (χ4n) is 8.41. The second-order valence-electron chi connectivity index (χ2n) is 16.7. The lowest BCUT2D eigenvalue weighted by Gasteiger charge is -2.36. The third kappa shape index (κ3) is 9.09. The van der Waals surface area contributed by atoms with Crippen LogP contribution < -0.4 is 21.4 Å².